The van der Waals surface area contributed by atoms with E-state index in [2.05, 4.69) is 5.32 Å². The van der Waals surface area contributed by atoms with E-state index >= 15 is 0 Å². The fourth-order valence-corrected chi connectivity index (χ4v) is 2.74. The molecule has 2 N–H and O–H groups in total. The minimum atomic E-state index is -0.356. The summed E-state index contributed by atoms with van der Waals surface area (Å²) in [5, 5.41) is 12.3. The number of urea groups is 1. The topological polar surface area (TPSA) is 80.3 Å². The van der Waals surface area contributed by atoms with E-state index in [1.165, 1.54) is 0 Å². The third kappa shape index (κ3) is 4.07. The van der Waals surface area contributed by atoms with E-state index in [1.54, 1.807) is 36.3 Å². The Labute approximate surface area is 152 Å². The van der Waals surface area contributed by atoms with Crippen LogP contribution in [0.5, 0.6) is 17.2 Å². The highest BCUT2D eigenvalue weighted by Gasteiger charge is 2.27. The number of nitrogens with one attached hydrogen (secondary N) is 1. The highest BCUT2D eigenvalue weighted by atomic mass is 16.5. The molecule has 1 atom stereocenters. The number of ether oxygens (including phenoxy) is 3. The zero-order chi connectivity index (χ0) is 18.4. The van der Waals surface area contributed by atoms with Crippen LogP contribution in [-0.2, 0) is 4.74 Å². The number of aliphatic hydroxyl groups is 1. The van der Waals surface area contributed by atoms with E-state index in [4.69, 9.17) is 14.2 Å². The first-order chi connectivity index (χ1) is 12.7. The lowest BCUT2D eigenvalue weighted by molar-refractivity contribution is -0.00485. The average molecular weight is 358 g/mol. The SMILES string of the molecule is COc1ccccc1Oc1ccccc1NC(=O)N1CCOC[C@H]1CO. The Morgan fingerprint density at radius 1 is 1.19 bits per heavy atom. The highest BCUT2D eigenvalue weighted by molar-refractivity contribution is 5.91. The van der Waals surface area contributed by atoms with Crippen LogP contribution in [0.3, 0.4) is 0 Å². The molecule has 2 aromatic rings. The monoisotopic (exact) mass is 358 g/mol. The molecule has 0 bridgehead atoms. The zero-order valence-electron chi connectivity index (χ0n) is 14.6. The zero-order valence-corrected chi connectivity index (χ0v) is 14.6. The van der Waals surface area contributed by atoms with Crippen LogP contribution >= 0.6 is 0 Å². The van der Waals surface area contributed by atoms with E-state index in [0.29, 0.717) is 42.7 Å². The number of carbonyl (C=O) groups is 1. The van der Waals surface area contributed by atoms with Gasteiger partial charge in [0.15, 0.2) is 17.2 Å². The molecule has 1 aliphatic rings. The Morgan fingerprint density at radius 2 is 1.88 bits per heavy atom. The minimum absolute atomic E-state index is 0.146. The molecule has 0 radical (unpaired) electrons. The molecule has 1 fully saturated rings. The number of hydrogen-bond donors (Lipinski definition) is 2. The molecule has 1 saturated heterocycles. The van der Waals surface area contributed by atoms with Gasteiger partial charge in [-0.2, -0.15) is 0 Å². The largest absolute Gasteiger partial charge is 0.493 e. The Morgan fingerprint density at radius 3 is 2.62 bits per heavy atom. The number of aliphatic hydroxyl groups excluding tert-OH is 1. The van der Waals surface area contributed by atoms with Crippen LogP contribution in [0.1, 0.15) is 0 Å². The van der Waals surface area contributed by atoms with Gasteiger partial charge in [-0.3, -0.25) is 0 Å². The first-order valence-electron chi connectivity index (χ1n) is 8.39. The van der Waals surface area contributed by atoms with Crippen molar-refractivity contribution in [2.75, 3.05) is 38.8 Å². The quantitative estimate of drug-likeness (QED) is 0.859. The summed E-state index contributed by atoms with van der Waals surface area (Å²) in [6, 6.07) is 13.8. The Kier molecular flexibility index (Phi) is 5.93. The van der Waals surface area contributed by atoms with Gasteiger partial charge in [0.1, 0.15) is 0 Å². The lowest BCUT2D eigenvalue weighted by atomic mass is 10.2. The molecule has 2 amide bonds. The maximum absolute atomic E-state index is 12.6. The van der Waals surface area contributed by atoms with E-state index in [9.17, 15) is 9.90 Å². The van der Waals surface area contributed by atoms with Crippen molar-refractivity contribution in [3.63, 3.8) is 0 Å². The highest BCUT2D eigenvalue weighted by Crippen LogP contribution is 2.34. The molecule has 138 valence electrons. The summed E-state index contributed by atoms with van der Waals surface area (Å²) >= 11 is 0. The maximum atomic E-state index is 12.6. The number of morpholine rings is 1. The van der Waals surface area contributed by atoms with E-state index in [-0.39, 0.29) is 18.7 Å². The van der Waals surface area contributed by atoms with Crippen LogP contribution < -0.4 is 14.8 Å². The number of nitrogens with zero attached hydrogens (tertiary/aromatic N) is 1. The van der Waals surface area contributed by atoms with Crippen LogP contribution in [0.15, 0.2) is 48.5 Å². The molecule has 1 aliphatic heterocycles. The van der Waals surface area contributed by atoms with Crippen molar-refractivity contribution in [3.8, 4) is 17.2 Å². The molecule has 0 aromatic heterocycles. The number of rotatable bonds is 5. The normalized spacial score (nSPS) is 16.8. The molecule has 0 aliphatic carbocycles. The number of methoxy groups -OCH3 is 1. The lowest BCUT2D eigenvalue weighted by Crippen LogP contribution is -2.52. The van der Waals surface area contributed by atoms with Crippen LogP contribution in [0, 0.1) is 0 Å². The van der Waals surface area contributed by atoms with Gasteiger partial charge in [-0.1, -0.05) is 24.3 Å². The van der Waals surface area contributed by atoms with Crippen molar-refractivity contribution >= 4 is 11.7 Å². The summed E-state index contributed by atoms with van der Waals surface area (Å²) in [6.07, 6.45) is 0. The van der Waals surface area contributed by atoms with Crippen molar-refractivity contribution in [1.82, 2.24) is 4.90 Å². The molecule has 26 heavy (non-hydrogen) atoms. The molecule has 7 nitrogen and oxygen atoms in total. The second-order valence-electron chi connectivity index (χ2n) is 5.78. The summed E-state index contributed by atoms with van der Waals surface area (Å²) in [5.41, 5.74) is 0.534. The average Bonchev–Trinajstić information content (AvgIpc) is 2.69. The molecule has 0 spiro atoms. The van der Waals surface area contributed by atoms with E-state index in [0.717, 1.165) is 0 Å². The molecule has 1 heterocycles. The van der Waals surface area contributed by atoms with Gasteiger partial charge in [0, 0.05) is 6.54 Å². The molecule has 2 aromatic carbocycles. The number of carbonyl (C=O) groups excluding carboxylic acids is 1. The number of anilines is 1. The van der Waals surface area contributed by atoms with Gasteiger partial charge in [0.2, 0.25) is 0 Å². The van der Waals surface area contributed by atoms with Crippen LogP contribution in [0.2, 0.25) is 0 Å². The smallest absolute Gasteiger partial charge is 0.322 e. The lowest BCUT2D eigenvalue weighted by Gasteiger charge is -2.34. The number of amides is 2. The molecular formula is C19H22N2O5. The van der Waals surface area contributed by atoms with Crippen LogP contribution in [-0.4, -0.2) is 55.6 Å². The Hall–Kier alpha value is -2.77. The van der Waals surface area contributed by atoms with E-state index in [1.807, 2.05) is 24.3 Å². The first kappa shape index (κ1) is 18.0. The van der Waals surface area contributed by atoms with Gasteiger partial charge < -0.3 is 29.5 Å². The summed E-state index contributed by atoms with van der Waals surface area (Å²) in [5.74, 6) is 1.65. The number of hydrogen-bond acceptors (Lipinski definition) is 5. The van der Waals surface area contributed by atoms with Gasteiger partial charge in [-0.15, -0.1) is 0 Å². The van der Waals surface area contributed by atoms with Crippen molar-refractivity contribution in [2.24, 2.45) is 0 Å². The molecule has 0 unspecified atom stereocenters. The second kappa shape index (κ2) is 8.55. The number of para-hydroxylation sites is 4. The standard InChI is InChI=1S/C19H22N2O5/c1-24-17-8-4-5-9-18(17)26-16-7-3-2-6-15(16)20-19(23)21-10-11-25-13-14(21)12-22/h2-9,14,22H,10-13H2,1H3,(H,20,23)/t14-/m1/s1. The third-order valence-corrected chi connectivity index (χ3v) is 4.12. The van der Waals surface area contributed by atoms with Crippen molar-refractivity contribution < 1.29 is 24.1 Å². The molecule has 3 rings (SSSR count). The van der Waals surface area contributed by atoms with Crippen molar-refractivity contribution in [2.45, 2.75) is 6.04 Å². The summed E-state index contributed by atoms with van der Waals surface area (Å²) in [4.78, 5) is 14.2. The van der Waals surface area contributed by atoms with Gasteiger partial charge in [-0.25, -0.2) is 4.79 Å². The summed E-state index contributed by atoms with van der Waals surface area (Å²) in [6.45, 7) is 1.05. The van der Waals surface area contributed by atoms with Crippen LogP contribution in [0.25, 0.3) is 0 Å². The molecule has 7 heteroatoms. The predicted molar refractivity (Wildman–Crippen MR) is 96.9 cm³/mol. The first-order valence-corrected chi connectivity index (χ1v) is 8.39. The van der Waals surface area contributed by atoms with Gasteiger partial charge in [0.05, 0.1) is 38.7 Å². The van der Waals surface area contributed by atoms with Crippen LogP contribution in [0.4, 0.5) is 10.5 Å². The van der Waals surface area contributed by atoms with Gasteiger partial charge in [0.25, 0.3) is 0 Å². The molecular weight excluding hydrogens is 336 g/mol. The van der Waals surface area contributed by atoms with Crippen molar-refractivity contribution in [3.05, 3.63) is 48.5 Å². The Balaban J connectivity index is 1.78. The fourth-order valence-electron chi connectivity index (χ4n) is 2.74. The summed E-state index contributed by atoms with van der Waals surface area (Å²) in [7, 11) is 1.57. The molecule has 0 saturated carbocycles. The second-order valence-corrected chi connectivity index (χ2v) is 5.78. The number of benzene rings is 2. The van der Waals surface area contributed by atoms with Gasteiger partial charge in [-0.05, 0) is 24.3 Å². The third-order valence-electron chi connectivity index (χ3n) is 4.12. The summed E-state index contributed by atoms with van der Waals surface area (Å²) < 4.78 is 16.6. The fraction of sp³-hybridized carbons (Fsp3) is 0.316. The van der Waals surface area contributed by atoms with Crippen molar-refractivity contribution in [1.29, 1.82) is 0 Å². The van der Waals surface area contributed by atoms with E-state index < -0.39 is 0 Å². The minimum Gasteiger partial charge on any atom is -0.493 e. The van der Waals surface area contributed by atoms with Gasteiger partial charge >= 0.3 is 6.03 Å². The maximum Gasteiger partial charge on any atom is 0.322 e. The predicted octanol–water partition coefficient (Wildman–Crippen LogP) is 2.71. The Bertz CT molecular complexity index is 752.